The minimum Gasteiger partial charge on any atom is -0.327 e. The van der Waals surface area contributed by atoms with Gasteiger partial charge in [-0.15, -0.1) is 0 Å². The molecule has 8 heavy (non-hydrogen) atoms. The smallest absolute Gasteiger partial charge is 0.256 e. The highest BCUT2D eigenvalue weighted by molar-refractivity contribution is 5.27. The summed E-state index contributed by atoms with van der Waals surface area (Å²) in [6.07, 6.45) is 0.584. The molecule has 2 rings (SSSR count). The van der Waals surface area contributed by atoms with Crippen LogP contribution in [0.4, 0.5) is 8.78 Å². The highest BCUT2D eigenvalue weighted by Gasteiger charge is 2.82. The van der Waals surface area contributed by atoms with Gasteiger partial charge in [0.15, 0.2) is 0 Å². The number of nitrogens with two attached hydrogens (primary N) is 1. The summed E-state index contributed by atoms with van der Waals surface area (Å²) < 4.78 is 24.3. The standard InChI is InChI=1S/C5H7F2N/c6-5(7)2-4(5)1-3(4)8/h3H,1-2,8H2. The van der Waals surface area contributed by atoms with Crippen LogP contribution in [-0.4, -0.2) is 12.0 Å². The van der Waals surface area contributed by atoms with Crippen LogP contribution < -0.4 is 5.73 Å². The first-order chi connectivity index (χ1) is 3.58. The van der Waals surface area contributed by atoms with Gasteiger partial charge in [0.05, 0.1) is 5.41 Å². The molecule has 1 spiro atoms. The third kappa shape index (κ3) is 0.284. The van der Waals surface area contributed by atoms with E-state index in [4.69, 9.17) is 5.73 Å². The van der Waals surface area contributed by atoms with E-state index < -0.39 is 11.3 Å². The Labute approximate surface area is 45.9 Å². The van der Waals surface area contributed by atoms with Gasteiger partial charge >= 0.3 is 0 Å². The summed E-state index contributed by atoms with van der Waals surface area (Å²) in [6, 6.07) is -0.197. The van der Waals surface area contributed by atoms with E-state index >= 15 is 0 Å². The number of rotatable bonds is 0. The first-order valence-corrected chi connectivity index (χ1v) is 2.72. The summed E-state index contributed by atoms with van der Waals surface area (Å²) in [5, 5.41) is 0. The lowest BCUT2D eigenvalue weighted by molar-refractivity contribution is 0.0920. The Morgan fingerprint density at radius 2 is 1.88 bits per heavy atom. The van der Waals surface area contributed by atoms with E-state index in [1.165, 1.54) is 0 Å². The monoisotopic (exact) mass is 119 g/mol. The molecular weight excluding hydrogens is 112 g/mol. The van der Waals surface area contributed by atoms with E-state index in [-0.39, 0.29) is 12.5 Å². The number of hydrogen-bond acceptors (Lipinski definition) is 1. The molecule has 2 fully saturated rings. The van der Waals surface area contributed by atoms with Crippen LogP contribution in [0.25, 0.3) is 0 Å². The lowest BCUT2D eigenvalue weighted by atomic mass is 10.4. The third-order valence-electron chi connectivity index (χ3n) is 2.27. The van der Waals surface area contributed by atoms with Gasteiger partial charge in [0.25, 0.3) is 5.92 Å². The number of hydrogen-bond donors (Lipinski definition) is 1. The van der Waals surface area contributed by atoms with Crippen molar-refractivity contribution in [1.82, 2.24) is 0 Å². The second-order valence-corrected chi connectivity index (χ2v) is 2.85. The lowest BCUT2D eigenvalue weighted by Gasteiger charge is -1.87. The van der Waals surface area contributed by atoms with E-state index in [0.29, 0.717) is 6.42 Å². The average Bonchev–Trinajstić information content (AvgIpc) is 2.24. The molecule has 1 nitrogen and oxygen atoms in total. The van der Waals surface area contributed by atoms with Crippen molar-refractivity contribution in [2.75, 3.05) is 0 Å². The first kappa shape index (κ1) is 4.68. The molecule has 0 aromatic heterocycles. The van der Waals surface area contributed by atoms with E-state index in [9.17, 15) is 8.78 Å². The summed E-state index contributed by atoms with van der Waals surface area (Å²) in [5.41, 5.74) is 4.56. The molecular formula is C5H7F2N. The fourth-order valence-corrected chi connectivity index (χ4v) is 1.31. The fourth-order valence-electron chi connectivity index (χ4n) is 1.31. The van der Waals surface area contributed by atoms with Crippen LogP contribution in [0.5, 0.6) is 0 Å². The Bertz CT molecular complexity index is 145. The van der Waals surface area contributed by atoms with Gasteiger partial charge in [0.1, 0.15) is 0 Å². The molecule has 2 N–H and O–H groups in total. The first-order valence-electron chi connectivity index (χ1n) is 2.72. The Balaban J connectivity index is 2.17. The van der Waals surface area contributed by atoms with Gasteiger partial charge in [-0.2, -0.15) is 0 Å². The van der Waals surface area contributed by atoms with Crippen molar-refractivity contribution < 1.29 is 8.78 Å². The molecule has 0 bridgehead atoms. The zero-order chi connectivity index (χ0) is 5.99. The lowest BCUT2D eigenvalue weighted by Crippen LogP contribution is -2.06. The molecule has 0 saturated heterocycles. The molecule has 46 valence electrons. The van der Waals surface area contributed by atoms with Crippen molar-refractivity contribution in [3.8, 4) is 0 Å². The molecule has 2 unspecified atom stereocenters. The highest BCUT2D eigenvalue weighted by atomic mass is 19.3. The van der Waals surface area contributed by atoms with E-state index in [2.05, 4.69) is 0 Å². The van der Waals surface area contributed by atoms with Gasteiger partial charge in [0, 0.05) is 12.5 Å². The zero-order valence-electron chi connectivity index (χ0n) is 4.32. The molecule has 2 aliphatic carbocycles. The molecule has 3 heteroatoms. The largest absolute Gasteiger partial charge is 0.327 e. The van der Waals surface area contributed by atoms with Crippen LogP contribution in [0.2, 0.25) is 0 Å². The number of alkyl halides is 2. The second kappa shape index (κ2) is 0.817. The van der Waals surface area contributed by atoms with E-state index in [0.717, 1.165) is 0 Å². The van der Waals surface area contributed by atoms with Gasteiger partial charge in [-0.25, -0.2) is 8.78 Å². The maximum atomic E-state index is 12.1. The zero-order valence-corrected chi connectivity index (χ0v) is 4.32. The highest BCUT2D eigenvalue weighted by Crippen LogP contribution is 2.74. The van der Waals surface area contributed by atoms with Crippen LogP contribution in [-0.2, 0) is 0 Å². The van der Waals surface area contributed by atoms with Crippen molar-refractivity contribution >= 4 is 0 Å². The Morgan fingerprint density at radius 1 is 1.50 bits per heavy atom. The summed E-state index contributed by atoms with van der Waals surface area (Å²) in [4.78, 5) is 0. The topological polar surface area (TPSA) is 26.0 Å². The molecule has 0 radical (unpaired) electrons. The van der Waals surface area contributed by atoms with Gasteiger partial charge in [-0.1, -0.05) is 0 Å². The predicted octanol–water partition coefficient (Wildman–Crippen LogP) is 0.743. The molecule has 0 aliphatic heterocycles. The van der Waals surface area contributed by atoms with Crippen molar-refractivity contribution in [3.05, 3.63) is 0 Å². The maximum absolute atomic E-state index is 12.1. The van der Waals surface area contributed by atoms with E-state index in [1.54, 1.807) is 0 Å². The predicted molar refractivity (Wildman–Crippen MR) is 24.6 cm³/mol. The van der Waals surface area contributed by atoms with Crippen LogP contribution in [0.1, 0.15) is 12.8 Å². The Kier molecular flexibility index (Phi) is 0.477. The molecule has 2 saturated carbocycles. The Morgan fingerprint density at radius 3 is 1.88 bits per heavy atom. The quantitative estimate of drug-likeness (QED) is 0.500. The molecule has 0 heterocycles. The molecule has 2 aliphatic rings. The van der Waals surface area contributed by atoms with Crippen molar-refractivity contribution in [1.29, 1.82) is 0 Å². The normalized spacial score (nSPS) is 56.6. The average molecular weight is 119 g/mol. The minimum atomic E-state index is -2.40. The van der Waals surface area contributed by atoms with Crippen LogP contribution >= 0.6 is 0 Å². The van der Waals surface area contributed by atoms with Gasteiger partial charge in [-0.3, -0.25) is 0 Å². The second-order valence-electron chi connectivity index (χ2n) is 2.85. The molecule has 2 atom stereocenters. The molecule has 0 amide bonds. The van der Waals surface area contributed by atoms with Crippen LogP contribution in [0.3, 0.4) is 0 Å². The van der Waals surface area contributed by atoms with Crippen LogP contribution in [0, 0.1) is 5.41 Å². The molecule has 0 aromatic carbocycles. The van der Waals surface area contributed by atoms with E-state index in [1.807, 2.05) is 0 Å². The number of halogens is 2. The SMILES string of the molecule is NC1CC12CC2(F)F. The van der Waals surface area contributed by atoms with Gasteiger partial charge in [-0.05, 0) is 6.42 Å². The van der Waals surface area contributed by atoms with Gasteiger partial charge < -0.3 is 5.73 Å². The summed E-state index contributed by atoms with van der Waals surface area (Å²) >= 11 is 0. The maximum Gasteiger partial charge on any atom is 0.256 e. The third-order valence-corrected chi connectivity index (χ3v) is 2.27. The fraction of sp³-hybridized carbons (Fsp3) is 1.00. The summed E-state index contributed by atoms with van der Waals surface area (Å²) in [7, 11) is 0. The van der Waals surface area contributed by atoms with Crippen molar-refractivity contribution in [2.24, 2.45) is 11.1 Å². The summed E-state index contributed by atoms with van der Waals surface area (Å²) in [6.45, 7) is 0. The van der Waals surface area contributed by atoms with Crippen LogP contribution in [0.15, 0.2) is 0 Å². The molecule has 0 aromatic rings. The van der Waals surface area contributed by atoms with Crippen molar-refractivity contribution in [2.45, 2.75) is 24.8 Å². The minimum absolute atomic E-state index is 0.0428. The summed E-state index contributed by atoms with van der Waals surface area (Å²) in [5.74, 6) is -2.40. The Hall–Kier alpha value is -0.180. The van der Waals surface area contributed by atoms with Gasteiger partial charge in [0.2, 0.25) is 0 Å². The van der Waals surface area contributed by atoms with Crippen molar-refractivity contribution in [3.63, 3.8) is 0 Å².